The van der Waals surface area contributed by atoms with Crippen LogP contribution in [0, 0.1) is 6.92 Å². The molecule has 0 bridgehead atoms. The van der Waals surface area contributed by atoms with E-state index >= 15 is 0 Å². The summed E-state index contributed by atoms with van der Waals surface area (Å²) in [6.45, 7) is 3.31. The molecule has 0 radical (unpaired) electrons. The molecule has 96 valence electrons. The summed E-state index contributed by atoms with van der Waals surface area (Å²) in [6, 6.07) is 13.7. The molecule has 2 N–H and O–H groups in total. The summed E-state index contributed by atoms with van der Waals surface area (Å²) >= 11 is 0. The lowest BCUT2D eigenvalue weighted by atomic mass is 10.1. The molecule has 0 aromatic heterocycles. The lowest BCUT2D eigenvalue weighted by molar-refractivity contribution is 0.0751. The van der Waals surface area contributed by atoms with E-state index in [2.05, 4.69) is 12.1 Å². The second-order valence-corrected chi connectivity index (χ2v) is 5.00. The fourth-order valence-electron chi connectivity index (χ4n) is 2.43. The van der Waals surface area contributed by atoms with Crippen molar-refractivity contribution in [1.82, 2.24) is 4.90 Å². The first-order valence-electron chi connectivity index (χ1n) is 6.37. The van der Waals surface area contributed by atoms with Crippen LogP contribution in [0.3, 0.4) is 0 Å². The average Bonchev–Trinajstić information content (AvgIpc) is 2.85. The van der Waals surface area contributed by atoms with Gasteiger partial charge < -0.3 is 10.6 Å². The Balaban J connectivity index is 1.85. The molecule has 0 spiro atoms. The van der Waals surface area contributed by atoms with Crippen molar-refractivity contribution in [2.75, 3.05) is 5.73 Å². The van der Waals surface area contributed by atoms with Crippen molar-refractivity contribution in [3.63, 3.8) is 0 Å². The second kappa shape index (κ2) is 4.43. The molecule has 1 aliphatic heterocycles. The van der Waals surface area contributed by atoms with E-state index in [0.717, 1.165) is 5.56 Å². The van der Waals surface area contributed by atoms with Gasteiger partial charge in [0.05, 0.1) is 0 Å². The summed E-state index contributed by atoms with van der Waals surface area (Å²) < 4.78 is 0. The topological polar surface area (TPSA) is 46.3 Å². The smallest absolute Gasteiger partial charge is 0.254 e. The fraction of sp³-hybridized carbons (Fsp3) is 0.188. The maximum absolute atomic E-state index is 12.4. The molecule has 1 aliphatic rings. The maximum Gasteiger partial charge on any atom is 0.254 e. The highest BCUT2D eigenvalue weighted by Gasteiger charge is 2.23. The van der Waals surface area contributed by atoms with Crippen molar-refractivity contribution >= 4 is 11.6 Å². The molecule has 0 unspecified atom stereocenters. The van der Waals surface area contributed by atoms with Crippen molar-refractivity contribution in [3.05, 3.63) is 64.7 Å². The molecule has 1 amide bonds. The molecule has 2 aromatic rings. The van der Waals surface area contributed by atoms with E-state index in [9.17, 15) is 4.79 Å². The zero-order valence-electron chi connectivity index (χ0n) is 10.9. The first-order chi connectivity index (χ1) is 9.15. The first-order valence-corrected chi connectivity index (χ1v) is 6.37. The highest BCUT2D eigenvalue weighted by atomic mass is 16.2. The number of rotatable bonds is 1. The van der Waals surface area contributed by atoms with Gasteiger partial charge in [0.1, 0.15) is 0 Å². The number of nitrogens with two attached hydrogens (primary N) is 1. The molecule has 3 rings (SSSR count). The average molecular weight is 252 g/mol. The number of aryl methyl sites for hydroxylation is 1. The highest BCUT2D eigenvalue weighted by Crippen LogP contribution is 2.24. The Morgan fingerprint density at radius 2 is 1.74 bits per heavy atom. The van der Waals surface area contributed by atoms with Crippen molar-refractivity contribution in [2.45, 2.75) is 20.0 Å². The van der Waals surface area contributed by atoms with Crippen molar-refractivity contribution in [2.24, 2.45) is 0 Å². The van der Waals surface area contributed by atoms with E-state index in [4.69, 9.17) is 5.73 Å². The summed E-state index contributed by atoms with van der Waals surface area (Å²) in [5.41, 5.74) is 10.7. The van der Waals surface area contributed by atoms with Crippen molar-refractivity contribution in [1.29, 1.82) is 0 Å². The van der Waals surface area contributed by atoms with E-state index in [1.807, 2.05) is 36.1 Å². The van der Waals surface area contributed by atoms with Crippen LogP contribution in [0.1, 0.15) is 27.0 Å². The molecule has 1 heterocycles. The predicted molar refractivity (Wildman–Crippen MR) is 75.6 cm³/mol. The van der Waals surface area contributed by atoms with Gasteiger partial charge in [-0.05, 0) is 35.7 Å². The van der Waals surface area contributed by atoms with Crippen molar-refractivity contribution in [3.8, 4) is 0 Å². The molecule has 3 heteroatoms. The van der Waals surface area contributed by atoms with Gasteiger partial charge in [-0.1, -0.05) is 30.3 Å². The van der Waals surface area contributed by atoms with Crippen LogP contribution >= 0.6 is 0 Å². The summed E-state index contributed by atoms with van der Waals surface area (Å²) in [4.78, 5) is 14.3. The lowest BCUT2D eigenvalue weighted by Gasteiger charge is -2.16. The summed E-state index contributed by atoms with van der Waals surface area (Å²) in [5.74, 6) is 0.0444. The second-order valence-electron chi connectivity index (χ2n) is 5.00. The molecule has 2 aromatic carbocycles. The van der Waals surface area contributed by atoms with Crippen LogP contribution in [-0.4, -0.2) is 10.8 Å². The van der Waals surface area contributed by atoms with Gasteiger partial charge in [-0.3, -0.25) is 4.79 Å². The third kappa shape index (κ3) is 2.08. The molecule has 0 fully saturated rings. The number of nitrogens with zero attached hydrogens (tertiary/aromatic N) is 1. The van der Waals surface area contributed by atoms with E-state index < -0.39 is 0 Å². The van der Waals surface area contributed by atoms with Gasteiger partial charge in [0.25, 0.3) is 5.91 Å². The Labute approximate surface area is 112 Å². The van der Waals surface area contributed by atoms with Gasteiger partial charge in [-0.2, -0.15) is 0 Å². The Kier molecular flexibility index (Phi) is 2.75. The van der Waals surface area contributed by atoms with Gasteiger partial charge in [-0.25, -0.2) is 0 Å². The molecule has 0 atom stereocenters. The third-order valence-corrected chi connectivity index (χ3v) is 3.65. The fourth-order valence-corrected chi connectivity index (χ4v) is 2.43. The van der Waals surface area contributed by atoms with Crippen molar-refractivity contribution < 1.29 is 4.79 Å². The minimum absolute atomic E-state index is 0.0444. The Hall–Kier alpha value is -2.29. The minimum atomic E-state index is 0.0444. The largest absolute Gasteiger partial charge is 0.398 e. The van der Waals surface area contributed by atoms with Crippen LogP contribution in [0.5, 0.6) is 0 Å². The van der Waals surface area contributed by atoms with Gasteiger partial charge in [-0.15, -0.1) is 0 Å². The molecular weight excluding hydrogens is 236 g/mol. The van der Waals surface area contributed by atoms with E-state index in [-0.39, 0.29) is 5.91 Å². The SMILES string of the molecule is Cc1ccc(C(=O)N2Cc3ccccc3C2)cc1N. The Morgan fingerprint density at radius 1 is 1.11 bits per heavy atom. The quantitative estimate of drug-likeness (QED) is 0.793. The maximum atomic E-state index is 12.4. The lowest BCUT2D eigenvalue weighted by Crippen LogP contribution is -2.25. The molecular formula is C16H16N2O. The van der Waals surface area contributed by atoms with E-state index in [1.165, 1.54) is 11.1 Å². The van der Waals surface area contributed by atoms with Crippen LogP contribution in [0.15, 0.2) is 42.5 Å². The zero-order valence-corrected chi connectivity index (χ0v) is 10.9. The monoisotopic (exact) mass is 252 g/mol. The van der Waals surface area contributed by atoms with E-state index in [1.54, 1.807) is 6.07 Å². The molecule has 0 saturated carbocycles. The number of nitrogen functional groups attached to an aromatic ring is 1. The van der Waals surface area contributed by atoms with Gasteiger partial charge in [0.15, 0.2) is 0 Å². The van der Waals surface area contributed by atoms with Crippen LogP contribution in [0.4, 0.5) is 5.69 Å². The number of hydrogen-bond acceptors (Lipinski definition) is 2. The normalized spacial score (nSPS) is 13.4. The number of carbonyl (C=O) groups excluding carboxylic acids is 1. The highest BCUT2D eigenvalue weighted by molar-refractivity contribution is 5.95. The standard InChI is InChI=1S/C16H16N2O/c1-11-6-7-12(8-15(11)17)16(19)18-9-13-4-2-3-5-14(13)10-18/h2-8H,9-10,17H2,1H3. The van der Waals surface area contributed by atoms with Crippen LogP contribution in [0.25, 0.3) is 0 Å². The number of anilines is 1. The molecule has 0 saturated heterocycles. The summed E-state index contributed by atoms with van der Waals surface area (Å²) in [7, 11) is 0. The number of benzene rings is 2. The molecule has 0 aliphatic carbocycles. The van der Waals surface area contributed by atoms with E-state index in [0.29, 0.717) is 24.3 Å². The number of carbonyl (C=O) groups is 1. The number of fused-ring (bicyclic) bond motifs is 1. The zero-order chi connectivity index (χ0) is 13.4. The molecule has 3 nitrogen and oxygen atoms in total. The summed E-state index contributed by atoms with van der Waals surface area (Å²) in [5, 5.41) is 0. The van der Waals surface area contributed by atoms with Gasteiger partial charge in [0, 0.05) is 24.3 Å². The van der Waals surface area contributed by atoms with Gasteiger partial charge >= 0.3 is 0 Å². The van der Waals surface area contributed by atoms with Crippen LogP contribution < -0.4 is 5.73 Å². The predicted octanol–water partition coefficient (Wildman–Crippen LogP) is 2.73. The van der Waals surface area contributed by atoms with Crippen LogP contribution in [-0.2, 0) is 13.1 Å². The number of hydrogen-bond donors (Lipinski definition) is 1. The van der Waals surface area contributed by atoms with Gasteiger partial charge in [0.2, 0.25) is 0 Å². The summed E-state index contributed by atoms with van der Waals surface area (Å²) in [6.07, 6.45) is 0. The van der Waals surface area contributed by atoms with Crippen LogP contribution in [0.2, 0.25) is 0 Å². The first kappa shape index (κ1) is 11.8. The minimum Gasteiger partial charge on any atom is -0.398 e. The Morgan fingerprint density at radius 3 is 2.32 bits per heavy atom. The third-order valence-electron chi connectivity index (χ3n) is 3.65. The number of amides is 1. The Bertz CT molecular complexity index is 624. The molecule has 19 heavy (non-hydrogen) atoms.